The van der Waals surface area contributed by atoms with Crippen molar-refractivity contribution in [1.29, 1.82) is 0 Å². The minimum atomic E-state index is -3.05. The smallest absolute Gasteiger partial charge is 0.153 e. The summed E-state index contributed by atoms with van der Waals surface area (Å²) in [6.07, 6.45) is 1.05. The Kier molecular flexibility index (Phi) is 5.62. The first-order valence-electron chi connectivity index (χ1n) is 6.04. The molecule has 1 unspecified atom stereocenters. The van der Waals surface area contributed by atoms with E-state index in [0.717, 1.165) is 11.3 Å². The molecule has 2 N–H and O–H groups in total. The maximum Gasteiger partial charge on any atom is 0.153 e. The van der Waals surface area contributed by atoms with E-state index in [-0.39, 0.29) is 11.0 Å². The van der Waals surface area contributed by atoms with Gasteiger partial charge >= 0.3 is 0 Å². The standard InChI is InChI=1S/C13H21NO3S/c1-11(7-9-14)18(15,16)10-8-12-3-5-13(17-2)6-4-12/h3-6,11H,7-10,14H2,1-2H3. The maximum atomic E-state index is 11.9. The second kappa shape index (κ2) is 6.75. The van der Waals surface area contributed by atoms with Gasteiger partial charge < -0.3 is 10.5 Å². The monoisotopic (exact) mass is 271 g/mol. The first kappa shape index (κ1) is 15.0. The Morgan fingerprint density at radius 1 is 1.28 bits per heavy atom. The van der Waals surface area contributed by atoms with Gasteiger partial charge in [-0.25, -0.2) is 8.42 Å². The first-order chi connectivity index (χ1) is 8.49. The van der Waals surface area contributed by atoms with Crippen molar-refractivity contribution in [3.63, 3.8) is 0 Å². The molecule has 0 fully saturated rings. The van der Waals surface area contributed by atoms with Crippen molar-refractivity contribution in [2.24, 2.45) is 5.73 Å². The van der Waals surface area contributed by atoms with Crippen LogP contribution in [0.1, 0.15) is 18.9 Å². The van der Waals surface area contributed by atoms with E-state index < -0.39 is 9.84 Å². The van der Waals surface area contributed by atoms with E-state index in [4.69, 9.17) is 10.5 Å². The normalized spacial score (nSPS) is 13.3. The second-order valence-electron chi connectivity index (χ2n) is 4.35. The molecule has 102 valence electrons. The van der Waals surface area contributed by atoms with Crippen LogP contribution in [0, 0.1) is 0 Å². The molecule has 1 rings (SSSR count). The summed E-state index contributed by atoms with van der Waals surface area (Å²) in [5.41, 5.74) is 6.39. The molecule has 0 aliphatic carbocycles. The molecule has 1 aromatic rings. The fourth-order valence-electron chi connectivity index (χ4n) is 1.67. The van der Waals surface area contributed by atoms with E-state index in [2.05, 4.69) is 0 Å². The van der Waals surface area contributed by atoms with Crippen molar-refractivity contribution in [2.75, 3.05) is 19.4 Å². The number of nitrogens with two attached hydrogens (primary N) is 1. The molecule has 0 aliphatic rings. The molecule has 0 heterocycles. The third-order valence-corrected chi connectivity index (χ3v) is 5.26. The summed E-state index contributed by atoms with van der Waals surface area (Å²) in [7, 11) is -1.44. The summed E-state index contributed by atoms with van der Waals surface area (Å²) >= 11 is 0. The fourth-order valence-corrected chi connectivity index (χ4v) is 3.09. The number of methoxy groups -OCH3 is 1. The third-order valence-electron chi connectivity index (χ3n) is 3.02. The molecule has 0 bridgehead atoms. The molecule has 1 atom stereocenters. The first-order valence-corrected chi connectivity index (χ1v) is 7.75. The van der Waals surface area contributed by atoms with E-state index in [1.807, 2.05) is 24.3 Å². The highest BCUT2D eigenvalue weighted by Crippen LogP contribution is 2.14. The lowest BCUT2D eigenvalue weighted by molar-refractivity contribution is 0.414. The van der Waals surface area contributed by atoms with Gasteiger partial charge in [0.25, 0.3) is 0 Å². The van der Waals surface area contributed by atoms with E-state index in [0.29, 0.717) is 19.4 Å². The van der Waals surface area contributed by atoms with Gasteiger partial charge in [-0.15, -0.1) is 0 Å². The molecule has 4 nitrogen and oxygen atoms in total. The molecule has 18 heavy (non-hydrogen) atoms. The summed E-state index contributed by atoms with van der Waals surface area (Å²) in [5.74, 6) is 0.943. The average molecular weight is 271 g/mol. The molecule has 0 amide bonds. The summed E-state index contributed by atoms with van der Waals surface area (Å²) in [5, 5.41) is -0.360. The number of hydrogen-bond donors (Lipinski definition) is 1. The molecular formula is C13H21NO3S. The van der Waals surface area contributed by atoms with Crippen LogP contribution in [0.2, 0.25) is 0 Å². The number of sulfone groups is 1. The van der Waals surface area contributed by atoms with Crippen LogP contribution in [0.4, 0.5) is 0 Å². The van der Waals surface area contributed by atoms with Crippen molar-refractivity contribution in [2.45, 2.75) is 25.0 Å². The molecule has 0 saturated carbocycles. The van der Waals surface area contributed by atoms with Crippen molar-refractivity contribution >= 4 is 9.84 Å². The summed E-state index contributed by atoms with van der Waals surface area (Å²) < 4.78 is 28.9. The largest absolute Gasteiger partial charge is 0.497 e. The zero-order chi connectivity index (χ0) is 13.6. The summed E-state index contributed by atoms with van der Waals surface area (Å²) in [6, 6.07) is 7.46. The van der Waals surface area contributed by atoms with Crippen molar-refractivity contribution in [3.05, 3.63) is 29.8 Å². The highest BCUT2D eigenvalue weighted by atomic mass is 32.2. The average Bonchev–Trinajstić information content (AvgIpc) is 2.37. The Morgan fingerprint density at radius 3 is 2.39 bits per heavy atom. The Balaban J connectivity index is 2.58. The van der Waals surface area contributed by atoms with Crippen LogP contribution in [0.5, 0.6) is 5.75 Å². The lowest BCUT2D eigenvalue weighted by Gasteiger charge is -2.11. The summed E-state index contributed by atoms with van der Waals surface area (Å²) in [4.78, 5) is 0. The molecule has 1 aromatic carbocycles. The molecule has 0 spiro atoms. The fraction of sp³-hybridized carbons (Fsp3) is 0.538. The molecular weight excluding hydrogens is 250 g/mol. The van der Waals surface area contributed by atoms with Gasteiger partial charge in [0.05, 0.1) is 18.1 Å². The number of rotatable bonds is 7. The molecule has 0 aromatic heterocycles. The van der Waals surface area contributed by atoms with Crippen LogP contribution in [0.3, 0.4) is 0 Å². The van der Waals surface area contributed by atoms with Crippen molar-refractivity contribution < 1.29 is 13.2 Å². The quantitative estimate of drug-likeness (QED) is 0.813. The second-order valence-corrected chi connectivity index (χ2v) is 6.89. The van der Waals surface area contributed by atoms with Crippen LogP contribution in [0.25, 0.3) is 0 Å². The number of benzene rings is 1. The Bertz CT molecular complexity index is 454. The van der Waals surface area contributed by atoms with Gasteiger partial charge in [0, 0.05) is 0 Å². The minimum absolute atomic E-state index is 0.167. The predicted molar refractivity (Wildman–Crippen MR) is 73.6 cm³/mol. The predicted octanol–water partition coefficient (Wildman–Crippen LogP) is 1.39. The third kappa shape index (κ3) is 4.31. The molecule has 5 heteroatoms. The lowest BCUT2D eigenvalue weighted by atomic mass is 10.2. The highest BCUT2D eigenvalue weighted by Gasteiger charge is 2.19. The van der Waals surface area contributed by atoms with Gasteiger partial charge in [-0.3, -0.25) is 0 Å². The van der Waals surface area contributed by atoms with Crippen LogP contribution in [0.15, 0.2) is 24.3 Å². The zero-order valence-corrected chi connectivity index (χ0v) is 11.7. The Morgan fingerprint density at radius 2 is 1.89 bits per heavy atom. The SMILES string of the molecule is COc1ccc(CCS(=O)(=O)C(C)CCN)cc1. The van der Waals surface area contributed by atoms with Gasteiger partial charge in [0.15, 0.2) is 9.84 Å². The Hall–Kier alpha value is -1.07. The van der Waals surface area contributed by atoms with Gasteiger partial charge in [0.1, 0.15) is 5.75 Å². The number of ether oxygens (including phenoxy) is 1. The van der Waals surface area contributed by atoms with E-state index in [9.17, 15) is 8.42 Å². The molecule has 0 aliphatic heterocycles. The number of aryl methyl sites for hydroxylation is 1. The van der Waals surface area contributed by atoms with Crippen molar-refractivity contribution in [1.82, 2.24) is 0 Å². The van der Waals surface area contributed by atoms with Crippen LogP contribution >= 0.6 is 0 Å². The van der Waals surface area contributed by atoms with E-state index in [1.54, 1.807) is 14.0 Å². The van der Waals surface area contributed by atoms with Gasteiger partial charge in [-0.2, -0.15) is 0 Å². The topological polar surface area (TPSA) is 69.4 Å². The van der Waals surface area contributed by atoms with Gasteiger partial charge in [0.2, 0.25) is 0 Å². The van der Waals surface area contributed by atoms with E-state index in [1.165, 1.54) is 0 Å². The van der Waals surface area contributed by atoms with Crippen LogP contribution in [-0.2, 0) is 16.3 Å². The van der Waals surface area contributed by atoms with E-state index >= 15 is 0 Å². The maximum absolute atomic E-state index is 11.9. The van der Waals surface area contributed by atoms with Crippen molar-refractivity contribution in [3.8, 4) is 5.75 Å². The zero-order valence-electron chi connectivity index (χ0n) is 10.9. The van der Waals surface area contributed by atoms with Gasteiger partial charge in [-0.1, -0.05) is 12.1 Å². The lowest BCUT2D eigenvalue weighted by Crippen LogP contribution is -2.24. The van der Waals surface area contributed by atoms with Gasteiger partial charge in [-0.05, 0) is 44.0 Å². The Labute approximate surface area is 109 Å². The van der Waals surface area contributed by atoms with Crippen LogP contribution in [-0.4, -0.2) is 33.1 Å². The minimum Gasteiger partial charge on any atom is -0.497 e. The summed E-state index contributed by atoms with van der Waals surface area (Å²) in [6.45, 7) is 2.12. The molecule has 0 radical (unpaired) electrons. The highest BCUT2D eigenvalue weighted by molar-refractivity contribution is 7.92. The van der Waals surface area contributed by atoms with Crippen LogP contribution < -0.4 is 10.5 Å². The molecule has 0 saturated heterocycles. The number of hydrogen-bond acceptors (Lipinski definition) is 4.